The summed E-state index contributed by atoms with van der Waals surface area (Å²) in [6, 6.07) is 0. The fourth-order valence-corrected chi connectivity index (χ4v) is 6.55. The number of amides is 1. The Morgan fingerprint density at radius 3 is 1.13 bits per heavy atom. The molecule has 0 aromatic heterocycles. The summed E-state index contributed by atoms with van der Waals surface area (Å²) in [4.78, 5) is 12.5. The zero-order chi connectivity index (χ0) is 34.1. The summed E-state index contributed by atoms with van der Waals surface area (Å²) in [5.74, 6) is 0. The van der Waals surface area contributed by atoms with Crippen molar-refractivity contribution in [2.45, 2.75) is 232 Å². The summed E-state index contributed by atoms with van der Waals surface area (Å²) in [6.45, 7) is 7.01. The first-order valence-electron chi connectivity index (χ1n) is 21.3. The average molecular weight is 668 g/mol. The van der Waals surface area contributed by atoms with Crippen molar-refractivity contribution in [2.24, 2.45) is 0 Å². The molecule has 1 amide bonds. The van der Waals surface area contributed by atoms with Gasteiger partial charge >= 0.3 is 6.09 Å². The van der Waals surface area contributed by atoms with E-state index in [4.69, 9.17) is 14.2 Å². The number of methoxy groups -OCH3 is 1. The monoisotopic (exact) mass is 668 g/mol. The quantitative estimate of drug-likeness (QED) is 0.0661. The maximum Gasteiger partial charge on any atom is 0.407 e. The molecule has 0 aromatic rings. The summed E-state index contributed by atoms with van der Waals surface area (Å²) >= 11 is 0. The molecule has 0 saturated heterocycles. The van der Waals surface area contributed by atoms with E-state index in [1.54, 1.807) is 7.11 Å². The fourth-order valence-electron chi connectivity index (χ4n) is 6.55. The van der Waals surface area contributed by atoms with Crippen LogP contribution in [0, 0.1) is 0 Å². The van der Waals surface area contributed by atoms with Crippen molar-refractivity contribution in [3.8, 4) is 0 Å². The molecule has 0 aliphatic carbocycles. The molecule has 282 valence electrons. The average Bonchev–Trinajstić information content (AvgIpc) is 3.07. The van der Waals surface area contributed by atoms with E-state index >= 15 is 0 Å². The Balaban J connectivity index is 3.98. The largest absolute Gasteiger partial charge is 0.446 e. The van der Waals surface area contributed by atoms with Gasteiger partial charge in [0.15, 0.2) is 0 Å². The number of hydrogen-bond donors (Lipinski definition) is 1. The topological polar surface area (TPSA) is 56.8 Å². The van der Waals surface area contributed by atoms with E-state index in [0.717, 1.165) is 19.3 Å². The summed E-state index contributed by atoms with van der Waals surface area (Å²) in [6.07, 6.45) is 43.9. The lowest BCUT2D eigenvalue weighted by molar-refractivity contribution is 0.0670. The first kappa shape index (κ1) is 46.2. The van der Waals surface area contributed by atoms with Crippen molar-refractivity contribution in [3.05, 3.63) is 0 Å². The molecule has 0 aromatic carbocycles. The van der Waals surface area contributed by atoms with Crippen molar-refractivity contribution < 1.29 is 19.0 Å². The highest BCUT2D eigenvalue weighted by Gasteiger charge is 2.14. The zero-order valence-electron chi connectivity index (χ0n) is 32.4. The number of ether oxygens (including phenoxy) is 3. The van der Waals surface area contributed by atoms with Gasteiger partial charge < -0.3 is 19.5 Å². The first-order valence-corrected chi connectivity index (χ1v) is 21.3. The second kappa shape index (κ2) is 41.4. The van der Waals surface area contributed by atoms with Gasteiger partial charge in [-0.25, -0.2) is 4.79 Å². The van der Waals surface area contributed by atoms with Crippen LogP contribution in [-0.2, 0) is 14.2 Å². The Bertz CT molecular complexity index is 553. The number of rotatable bonds is 40. The molecule has 0 atom stereocenters. The Kier molecular flexibility index (Phi) is 40.6. The number of alkyl carbamates (subject to hydrolysis) is 1. The van der Waals surface area contributed by atoms with Crippen LogP contribution in [0.25, 0.3) is 0 Å². The molecule has 0 rings (SSSR count). The normalized spacial score (nSPS) is 11.5. The predicted octanol–water partition coefficient (Wildman–Crippen LogP) is 13.7. The molecule has 47 heavy (non-hydrogen) atoms. The van der Waals surface area contributed by atoms with Gasteiger partial charge in [-0.1, -0.05) is 194 Å². The molecule has 0 radical (unpaired) electrons. The van der Waals surface area contributed by atoms with Crippen LogP contribution in [0.5, 0.6) is 0 Å². The minimum Gasteiger partial charge on any atom is -0.446 e. The summed E-state index contributed by atoms with van der Waals surface area (Å²) < 4.78 is 16.4. The van der Waals surface area contributed by atoms with Crippen LogP contribution in [0.1, 0.15) is 226 Å². The van der Waals surface area contributed by atoms with Crippen molar-refractivity contribution in [1.82, 2.24) is 5.32 Å². The Morgan fingerprint density at radius 2 is 0.787 bits per heavy atom. The van der Waals surface area contributed by atoms with Crippen molar-refractivity contribution in [3.63, 3.8) is 0 Å². The highest BCUT2D eigenvalue weighted by atomic mass is 16.6. The standard InChI is InChI=1S/C42H85NO4/c1-4-6-8-10-12-14-16-18-20-22-24-26-28-30-32-35-41(47-42(44)43-37-34-38-46-40-39-45-3)36-33-31-29-27-25-23-21-19-17-15-13-11-9-7-5-2/h41H,4-40H2,1-3H3,(H,43,44). The summed E-state index contributed by atoms with van der Waals surface area (Å²) in [5, 5.41) is 2.94. The van der Waals surface area contributed by atoms with Gasteiger partial charge in [0.1, 0.15) is 6.10 Å². The second-order valence-corrected chi connectivity index (χ2v) is 14.4. The van der Waals surface area contributed by atoms with Crippen molar-refractivity contribution in [1.29, 1.82) is 0 Å². The van der Waals surface area contributed by atoms with Gasteiger partial charge in [-0.15, -0.1) is 0 Å². The molecule has 0 aliphatic heterocycles. The van der Waals surface area contributed by atoms with Crippen molar-refractivity contribution in [2.75, 3.05) is 33.5 Å². The molecular formula is C42H85NO4. The smallest absolute Gasteiger partial charge is 0.407 e. The molecule has 0 saturated carbocycles. The van der Waals surface area contributed by atoms with Crippen LogP contribution < -0.4 is 5.32 Å². The minimum atomic E-state index is -0.256. The highest BCUT2D eigenvalue weighted by molar-refractivity contribution is 5.67. The van der Waals surface area contributed by atoms with Crippen LogP contribution in [0.4, 0.5) is 4.79 Å². The third kappa shape index (κ3) is 39.5. The maximum atomic E-state index is 12.5. The number of unbranched alkanes of at least 4 members (excludes halogenated alkanes) is 28. The van der Waals surface area contributed by atoms with Gasteiger partial charge in [0.2, 0.25) is 0 Å². The third-order valence-electron chi connectivity index (χ3n) is 9.70. The molecule has 0 spiro atoms. The zero-order valence-corrected chi connectivity index (χ0v) is 32.4. The van der Waals surface area contributed by atoms with Gasteiger partial charge in [0.25, 0.3) is 0 Å². The first-order chi connectivity index (χ1) is 23.2. The predicted molar refractivity (Wildman–Crippen MR) is 205 cm³/mol. The van der Waals surface area contributed by atoms with E-state index in [-0.39, 0.29) is 12.2 Å². The van der Waals surface area contributed by atoms with E-state index in [0.29, 0.717) is 26.4 Å². The van der Waals surface area contributed by atoms with E-state index in [1.807, 2.05) is 0 Å². The number of hydrogen-bond acceptors (Lipinski definition) is 4. The van der Waals surface area contributed by atoms with E-state index in [2.05, 4.69) is 19.2 Å². The third-order valence-corrected chi connectivity index (χ3v) is 9.70. The van der Waals surface area contributed by atoms with Gasteiger partial charge in [0, 0.05) is 20.3 Å². The molecule has 0 bridgehead atoms. The molecular weight excluding hydrogens is 582 g/mol. The SMILES string of the molecule is CCCCCCCCCCCCCCCCCC(CCCCCCCCCCCCCCCCC)OC(=O)NCCCOCCOC. The molecule has 0 fully saturated rings. The lowest BCUT2D eigenvalue weighted by Crippen LogP contribution is -2.30. The van der Waals surface area contributed by atoms with E-state index in [1.165, 1.54) is 193 Å². The number of carbonyl (C=O) groups is 1. The van der Waals surface area contributed by atoms with Gasteiger partial charge in [-0.3, -0.25) is 0 Å². The van der Waals surface area contributed by atoms with E-state index < -0.39 is 0 Å². The molecule has 1 N–H and O–H groups in total. The molecule has 0 aliphatic rings. The summed E-state index contributed by atoms with van der Waals surface area (Å²) in [7, 11) is 1.68. The Morgan fingerprint density at radius 1 is 0.447 bits per heavy atom. The maximum absolute atomic E-state index is 12.5. The molecule has 0 unspecified atom stereocenters. The number of carbonyl (C=O) groups excluding carboxylic acids is 1. The fraction of sp³-hybridized carbons (Fsp3) is 0.976. The van der Waals surface area contributed by atoms with Crippen LogP contribution in [0.15, 0.2) is 0 Å². The lowest BCUT2D eigenvalue weighted by Gasteiger charge is -2.18. The highest BCUT2D eigenvalue weighted by Crippen LogP contribution is 2.19. The Labute approximate surface area is 295 Å². The Hall–Kier alpha value is -0.810. The van der Waals surface area contributed by atoms with Crippen LogP contribution in [0.2, 0.25) is 0 Å². The molecule has 5 heteroatoms. The van der Waals surface area contributed by atoms with E-state index in [9.17, 15) is 4.79 Å². The van der Waals surface area contributed by atoms with Gasteiger partial charge in [-0.05, 0) is 32.1 Å². The number of nitrogens with one attached hydrogen (secondary N) is 1. The minimum absolute atomic E-state index is 0.0527. The van der Waals surface area contributed by atoms with Gasteiger partial charge in [-0.2, -0.15) is 0 Å². The molecule has 5 nitrogen and oxygen atoms in total. The lowest BCUT2D eigenvalue weighted by atomic mass is 10.0. The van der Waals surface area contributed by atoms with Crippen LogP contribution in [-0.4, -0.2) is 45.7 Å². The van der Waals surface area contributed by atoms with Crippen molar-refractivity contribution >= 4 is 6.09 Å². The molecule has 0 heterocycles. The second-order valence-electron chi connectivity index (χ2n) is 14.4. The summed E-state index contributed by atoms with van der Waals surface area (Å²) in [5.41, 5.74) is 0. The van der Waals surface area contributed by atoms with Crippen LogP contribution >= 0.6 is 0 Å². The van der Waals surface area contributed by atoms with Crippen LogP contribution in [0.3, 0.4) is 0 Å². The van der Waals surface area contributed by atoms with Gasteiger partial charge in [0.05, 0.1) is 13.2 Å².